The summed E-state index contributed by atoms with van der Waals surface area (Å²) in [6.07, 6.45) is 3.34. The van der Waals surface area contributed by atoms with Gasteiger partial charge in [0, 0.05) is 41.2 Å². The molecule has 0 bridgehead atoms. The molecule has 0 spiro atoms. The summed E-state index contributed by atoms with van der Waals surface area (Å²) in [4.78, 5) is 13.4. The molecule has 146 valence electrons. The topological polar surface area (TPSA) is 69.2 Å². The van der Waals surface area contributed by atoms with Gasteiger partial charge in [0.05, 0.1) is 12.6 Å². The van der Waals surface area contributed by atoms with Crippen LogP contribution in [-0.2, 0) is 0 Å². The molecular weight excluding hydrogens is 378 g/mol. The van der Waals surface area contributed by atoms with Crippen LogP contribution in [0.5, 0.6) is 11.5 Å². The molecule has 0 saturated heterocycles. The van der Waals surface area contributed by atoms with Gasteiger partial charge in [0.1, 0.15) is 17.3 Å². The number of halogens is 2. The third-order valence-corrected chi connectivity index (χ3v) is 4.15. The lowest BCUT2D eigenvalue weighted by Crippen LogP contribution is -2.03. The Hall–Kier alpha value is -3.81. The Balaban J connectivity index is 1.80. The highest BCUT2D eigenvalue weighted by Gasteiger charge is 2.12. The van der Waals surface area contributed by atoms with Crippen LogP contribution in [0.1, 0.15) is 0 Å². The van der Waals surface area contributed by atoms with E-state index in [1.807, 2.05) is 12.1 Å². The molecule has 0 amide bonds. The van der Waals surface area contributed by atoms with E-state index in [1.165, 1.54) is 12.1 Å². The second-order valence-corrected chi connectivity index (χ2v) is 6.05. The fraction of sp³-hybridized carbons (Fsp3) is 0.0952. The number of rotatable bonds is 6. The third kappa shape index (κ3) is 4.21. The van der Waals surface area contributed by atoms with Gasteiger partial charge < -0.3 is 14.8 Å². The Kier molecular flexibility index (Phi) is 5.15. The molecule has 0 atom stereocenters. The van der Waals surface area contributed by atoms with E-state index in [2.05, 4.69) is 25.0 Å². The maximum atomic E-state index is 12.5. The fourth-order valence-electron chi connectivity index (χ4n) is 2.84. The molecule has 0 saturated carbocycles. The maximum Gasteiger partial charge on any atom is 0.387 e. The number of methoxy groups -OCH3 is 1. The van der Waals surface area contributed by atoms with Crippen molar-refractivity contribution >= 4 is 22.4 Å². The van der Waals surface area contributed by atoms with Crippen molar-refractivity contribution in [3.8, 4) is 22.9 Å². The number of hydrogen-bond acceptors (Lipinski definition) is 6. The highest BCUT2D eigenvalue weighted by Crippen LogP contribution is 2.30. The quantitative estimate of drug-likeness (QED) is 0.494. The molecule has 2 heterocycles. The molecule has 0 aliphatic rings. The monoisotopic (exact) mass is 394 g/mol. The number of hydrogen-bond donors (Lipinski definition) is 1. The third-order valence-electron chi connectivity index (χ3n) is 4.15. The smallest absolute Gasteiger partial charge is 0.387 e. The normalized spacial score (nSPS) is 10.9. The minimum Gasteiger partial charge on any atom is -0.497 e. The Bertz CT molecular complexity index is 1140. The van der Waals surface area contributed by atoms with Crippen LogP contribution in [0.15, 0.2) is 67.0 Å². The molecule has 4 rings (SSSR count). The van der Waals surface area contributed by atoms with E-state index in [-0.39, 0.29) is 5.75 Å². The summed E-state index contributed by atoms with van der Waals surface area (Å²) in [5, 5.41) is 3.92. The largest absolute Gasteiger partial charge is 0.497 e. The van der Waals surface area contributed by atoms with Crippen LogP contribution in [0.25, 0.3) is 22.3 Å². The van der Waals surface area contributed by atoms with Crippen LogP contribution < -0.4 is 14.8 Å². The molecule has 0 aliphatic carbocycles. The van der Waals surface area contributed by atoms with Gasteiger partial charge >= 0.3 is 6.61 Å². The van der Waals surface area contributed by atoms with Crippen LogP contribution in [0.4, 0.5) is 20.3 Å². The van der Waals surface area contributed by atoms with Crippen molar-refractivity contribution in [2.75, 3.05) is 12.4 Å². The standard InChI is InChI=1S/C21H16F2N4O2/c1-28-15-7-8-17-18(11-15)26-19(13-4-3-9-24-12-13)27-20(17)25-14-5-2-6-16(10-14)29-21(22)23/h2-12,21H,1H3,(H,25,26,27). The first-order valence-electron chi connectivity index (χ1n) is 8.70. The number of aromatic nitrogens is 3. The van der Waals surface area contributed by atoms with E-state index in [4.69, 9.17) is 4.74 Å². The van der Waals surface area contributed by atoms with Crippen molar-refractivity contribution in [2.45, 2.75) is 6.61 Å². The number of benzene rings is 2. The zero-order chi connectivity index (χ0) is 20.2. The van der Waals surface area contributed by atoms with Gasteiger partial charge in [-0.1, -0.05) is 6.07 Å². The first kappa shape index (κ1) is 18.5. The van der Waals surface area contributed by atoms with E-state index >= 15 is 0 Å². The molecule has 4 aromatic rings. The predicted molar refractivity (Wildman–Crippen MR) is 106 cm³/mol. The van der Waals surface area contributed by atoms with Crippen molar-refractivity contribution in [3.05, 3.63) is 67.0 Å². The van der Waals surface area contributed by atoms with Gasteiger partial charge in [-0.3, -0.25) is 4.98 Å². The summed E-state index contributed by atoms with van der Waals surface area (Å²) in [6.45, 7) is -2.89. The lowest BCUT2D eigenvalue weighted by molar-refractivity contribution is -0.0498. The summed E-state index contributed by atoms with van der Waals surface area (Å²) in [7, 11) is 1.58. The van der Waals surface area contributed by atoms with E-state index < -0.39 is 6.61 Å². The van der Waals surface area contributed by atoms with E-state index in [0.29, 0.717) is 28.6 Å². The predicted octanol–water partition coefficient (Wildman–Crippen LogP) is 5.05. The molecule has 0 radical (unpaired) electrons. The molecule has 1 N–H and O–H groups in total. The van der Waals surface area contributed by atoms with Crippen molar-refractivity contribution in [3.63, 3.8) is 0 Å². The van der Waals surface area contributed by atoms with Gasteiger partial charge in [0.15, 0.2) is 5.82 Å². The minimum absolute atomic E-state index is 0.0533. The van der Waals surface area contributed by atoms with Gasteiger partial charge in [-0.15, -0.1) is 0 Å². The Morgan fingerprint density at radius 3 is 2.62 bits per heavy atom. The summed E-state index contributed by atoms with van der Waals surface area (Å²) in [5.41, 5.74) is 1.96. The van der Waals surface area contributed by atoms with Crippen LogP contribution in [0, 0.1) is 0 Å². The molecule has 0 fully saturated rings. The Labute approximate surface area is 165 Å². The van der Waals surface area contributed by atoms with Gasteiger partial charge in [-0.25, -0.2) is 9.97 Å². The number of nitrogens with zero attached hydrogens (tertiary/aromatic N) is 3. The number of pyridine rings is 1. The van der Waals surface area contributed by atoms with Gasteiger partial charge in [0.2, 0.25) is 0 Å². The number of anilines is 2. The molecule has 29 heavy (non-hydrogen) atoms. The fourth-order valence-corrected chi connectivity index (χ4v) is 2.84. The summed E-state index contributed by atoms with van der Waals surface area (Å²) in [6, 6.07) is 15.4. The zero-order valence-corrected chi connectivity index (χ0v) is 15.3. The highest BCUT2D eigenvalue weighted by atomic mass is 19.3. The SMILES string of the molecule is COc1ccc2c(Nc3cccc(OC(F)F)c3)nc(-c3cccnc3)nc2c1. The number of ether oxygens (including phenoxy) is 2. The molecule has 0 unspecified atom stereocenters. The van der Waals surface area contributed by atoms with Gasteiger partial charge in [-0.05, 0) is 36.4 Å². The maximum absolute atomic E-state index is 12.5. The lowest BCUT2D eigenvalue weighted by Gasteiger charge is -2.13. The first-order valence-corrected chi connectivity index (χ1v) is 8.70. The first-order chi connectivity index (χ1) is 14.1. The average Bonchev–Trinajstić information content (AvgIpc) is 2.73. The second kappa shape index (κ2) is 8.05. The molecule has 8 heteroatoms. The van der Waals surface area contributed by atoms with E-state index in [9.17, 15) is 8.78 Å². The second-order valence-electron chi connectivity index (χ2n) is 6.05. The number of fused-ring (bicyclic) bond motifs is 1. The van der Waals surface area contributed by atoms with Crippen LogP contribution >= 0.6 is 0 Å². The van der Waals surface area contributed by atoms with Crippen LogP contribution in [0.3, 0.4) is 0 Å². The number of alkyl halides is 2. The molecular formula is C21H16F2N4O2. The number of nitrogens with one attached hydrogen (secondary N) is 1. The van der Waals surface area contributed by atoms with E-state index in [1.54, 1.807) is 49.8 Å². The highest BCUT2D eigenvalue weighted by molar-refractivity contribution is 5.93. The molecule has 2 aromatic carbocycles. The Morgan fingerprint density at radius 2 is 1.86 bits per heavy atom. The summed E-state index contributed by atoms with van der Waals surface area (Å²) in [5.74, 6) is 1.70. The summed E-state index contributed by atoms with van der Waals surface area (Å²) < 4.78 is 34.8. The minimum atomic E-state index is -2.89. The van der Waals surface area contributed by atoms with Gasteiger partial charge in [-0.2, -0.15) is 8.78 Å². The van der Waals surface area contributed by atoms with Crippen molar-refractivity contribution < 1.29 is 18.3 Å². The van der Waals surface area contributed by atoms with Crippen LogP contribution in [0.2, 0.25) is 0 Å². The van der Waals surface area contributed by atoms with Crippen molar-refractivity contribution in [1.29, 1.82) is 0 Å². The van der Waals surface area contributed by atoms with Crippen LogP contribution in [-0.4, -0.2) is 28.7 Å². The summed E-state index contributed by atoms with van der Waals surface area (Å²) >= 11 is 0. The average molecular weight is 394 g/mol. The Morgan fingerprint density at radius 1 is 0.966 bits per heavy atom. The molecule has 2 aromatic heterocycles. The zero-order valence-electron chi connectivity index (χ0n) is 15.3. The van der Waals surface area contributed by atoms with Crippen molar-refractivity contribution in [1.82, 2.24) is 15.0 Å². The molecule has 6 nitrogen and oxygen atoms in total. The van der Waals surface area contributed by atoms with Gasteiger partial charge in [0.25, 0.3) is 0 Å². The molecule has 0 aliphatic heterocycles. The van der Waals surface area contributed by atoms with Crippen molar-refractivity contribution in [2.24, 2.45) is 0 Å². The van der Waals surface area contributed by atoms with E-state index in [0.717, 1.165) is 10.9 Å². The lowest BCUT2D eigenvalue weighted by atomic mass is 10.2.